The summed E-state index contributed by atoms with van der Waals surface area (Å²) in [6.07, 6.45) is 3.93. The van der Waals surface area contributed by atoms with Gasteiger partial charge in [-0.1, -0.05) is 41.5 Å². The van der Waals surface area contributed by atoms with Gasteiger partial charge in [-0.3, -0.25) is 0 Å². The molecule has 0 N–H and O–H groups in total. The highest BCUT2D eigenvalue weighted by atomic mass is 31.0. The van der Waals surface area contributed by atoms with Crippen molar-refractivity contribution in [1.82, 2.24) is 0 Å². The summed E-state index contributed by atoms with van der Waals surface area (Å²) in [7, 11) is 2.90. The minimum atomic E-state index is 0.465. The molecule has 0 radical (unpaired) electrons. The summed E-state index contributed by atoms with van der Waals surface area (Å²) in [5.41, 5.74) is 0.955. The van der Waals surface area contributed by atoms with Gasteiger partial charge in [-0.2, -0.15) is 0 Å². The molecule has 0 saturated heterocycles. The van der Waals surface area contributed by atoms with Crippen LogP contribution in [0.3, 0.4) is 0 Å². The number of rotatable bonds is 3. The molecule has 0 aromatic carbocycles. The lowest BCUT2D eigenvalue weighted by atomic mass is 9.76. The summed E-state index contributed by atoms with van der Waals surface area (Å²) in [5.74, 6) is 0.844. The molecule has 80 valence electrons. The zero-order valence-corrected chi connectivity index (χ0v) is 11.4. The molecule has 1 heteroatoms. The topological polar surface area (TPSA) is 0 Å². The minimum Gasteiger partial charge on any atom is -0.137 e. The van der Waals surface area contributed by atoms with Crippen LogP contribution in [0.2, 0.25) is 0 Å². The second-order valence-electron chi connectivity index (χ2n) is 6.40. The third-order valence-corrected chi connectivity index (χ3v) is 3.32. The second kappa shape index (κ2) is 4.78. The maximum atomic E-state index is 2.90. The van der Waals surface area contributed by atoms with Crippen LogP contribution in [0.5, 0.6) is 0 Å². The molecule has 0 bridgehead atoms. The zero-order valence-electron chi connectivity index (χ0n) is 10.3. The molecule has 2 unspecified atom stereocenters. The van der Waals surface area contributed by atoms with E-state index in [2.05, 4.69) is 50.8 Å². The van der Waals surface area contributed by atoms with Crippen LogP contribution in [-0.4, -0.2) is 6.16 Å². The van der Waals surface area contributed by atoms with Crippen molar-refractivity contribution < 1.29 is 0 Å². The molecule has 0 aliphatic carbocycles. The van der Waals surface area contributed by atoms with Gasteiger partial charge >= 0.3 is 0 Å². The largest absolute Gasteiger partial charge is 0.137 e. The van der Waals surface area contributed by atoms with Gasteiger partial charge in [-0.25, -0.2) is 0 Å². The van der Waals surface area contributed by atoms with E-state index >= 15 is 0 Å². The van der Waals surface area contributed by atoms with Crippen molar-refractivity contribution in [2.24, 2.45) is 16.7 Å². The smallest absolute Gasteiger partial charge is 0.0331 e. The molecule has 2 atom stereocenters. The molecule has 0 aliphatic heterocycles. The van der Waals surface area contributed by atoms with Gasteiger partial charge < -0.3 is 0 Å². The quantitative estimate of drug-likeness (QED) is 0.597. The highest BCUT2D eigenvalue weighted by Gasteiger charge is 2.24. The van der Waals surface area contributed by atoms with Gasteiger partial charge in [-0.05, 0) is 35.8 Å². The van der Waals surface area contributed by atoms with E-state index < -0.39 is 0 Å². The average Bonchev–Trinajstić information content (AvgIpc) is 1.82. The van der Waals surface area contributed by atoms with E-state index in [9.17, 15) is 0 Å². The van der Waals surface area contributed by atoms with Crippen molar-refractivity contribution in [3.8, 4) is 0 Å². The summed E-state index contributed by atoms with van der Waals surface area (Å²) < 4.78 is 0. The van der Waals surface area contributed by atoms with Crippen LogP contribution < -0.4 is 0 Å². The SMILES string of the molecule is CC(C)(C)CCC(CP)C(C)(C)C. The molecule has 0 aliphatic rings. The van der Waals surface area contributed by atoms with Crippen LogP contribution in [-0.2, 0) is 0 Å². The Morgan fingerprint density at radius 2 is 1.46 bits per heavy atom. The van der Waals surface area contributed by atoms with E-state index in [4.69, 9.17) is 0 Å². The minimum absolute atomic E-state index is 0.465. The highest BCUT2D eigenvalue weighted by molar-refractivity contribution is 7.16. The first-order valence-electron chi connectivity index (χ1n) is 5.37. The summed E-state index contributed by atoms with van der Waals surface area (Å²) in [6, 6.07) is 0. The third kappa shape index (κ3) is 6.49. The summed E-state index contributed by atoms with van der Waals surface area (Å²) in [4.78, 5) is 0. The second-order valence-corrected chi connectivity index (χ2v) is 6.87. The summed E-state index contributed by atoms with van der Waals surface area (Å²) in [6.45, 7) is 14.0. The predicted octanol–water partition coefficient (Wildman–Crippen LogP) is 4.35. The van der Waals surface area contributed by atoms with E-state index in [0.29, 0.717) is 10.8 Å². The van der Waals surface area contributed by atoms with Crippen LogP contribution in [0.4, 0.5) is 0 Å². The number of hydrogen-bond donors (Lipinski definition) is 0. The lowest BCUT2D eigenvalue weighted by molar-refractivity contribution is 0.217. The molecule has 0 saturated carbocycles. The average molecular weight is 202 g/mol. The van der Waals surface area contributed by atoms with Crippen LogP contribution in [0.25, 0.3) is 0 Å². The molecule has 0 spiro atoms. The lowest BCUT2D eigenvalue weighted by Gasteiger charge is -2.32. The first-order valence-corrected chi connectivity index (χ1v) is 6.18. The van der Waals surface area contributed by atoms with Gasteiger partial charge in [0.2, 0.25) is 0 Å². The van der Waals surface area contributed by atoms with Crippen molar-refractivity contribution in [1.29, 1.82) is 0 Å². The van der Waals surface area contributed by atoms with Crippen LogP contribution in [0.1, 0.15) is 54.4 Å². The Kier molecular flexibility index (Phi) is 4.94. The summed E-state index contributed by atoms with van der Waals surface area (Å²) >= 11 is 0. The normalized spacial score (nSPS) is 15.9. The number of hydrogen-bond acceptors (Lipinski definition) is 0. The van der Waals surface area contributed by atoms with Crippen molar-refractivity contribution in [3.05, 3.63) is 0 Å². The predicted molar refractivity (Wildman–Crippen MR) is 66.2 cm³/mol. The Morgan fingerprint density at radius 1 is 1.00 bits per heavy atom. The van der Waals surface area contributed by atoms with E-state index in [-0.39, 0.29) is 0 Å². The third-order valence-electron chi connectivity index (χ3n) is 2.75. The molecule has 0 nitrogen and oxygen atoms in total. The van der Waals surface area contributed by atoms with Gasteiger partial charge in [0.1, 0.15) is 0 Å². The Hall–Kier alpha value is 0.430. The lowest BCUT2D eigenvalue weighted by Crippen LogP contribution is -2.23. The van der Waals surface area contributed by atoms with Crippen molar-refractivity contribution >= 4 is 9.24 Å². The Labute approximate surface area is 87.1 Å². The molecule has 0 rings (SSSR count). The van der Waals surface area contributed by atoms with Gasteiger partial charge in [0.05, 0.1) is 0 Å². The van der Waals surface area contributed by atoms with Crippen molar-refractivity contribution in [2.45, 2.75) is 54.4 Å². The highest BCUT2D eigenvalue weighted by Crippen LogP contribution is 2.34. The first-order chi connectivity index (χ1) is 5.67. The molecule has 0 heterocycles. The zero-order chi connectivity index (χ0) is 10.7. The van der Waals surface area contributed by atoms with Crippen LogP contribution in [0, 0.1) is 16.7 Å². The van der Waals surface area contributed by atoms with Gasteiger partial charge in [0.25, 0.3) is 0 Å². The van der Waals surface area contributed by atoms with Gasteiger partial charge in [0.15, 0.2) is 0 Å². The van der Waals surface area contributed by atoms with E-state index in [1.165, 1.54) is 19.0 Å². The van der Waals surface area contributed by atoms with Gasteiger partial charge in [-0.15, -0.1) is 9.24 Å². The molecular formula is C12H27P. The maximum absolute atomic E-state index is 2.90. The summed E-state index contributed by atoms with van der Waals surface area (Å²) in [5, 5.41) is 0. The fourth-order valence-electron chi connectivity index (χ4n) is 1.51. The molecule has 0 amide bonds. The fourth-order valence-corrected chi connectivity index (χ4v) is 2.45. The fraction of sp³-hybridized carbons (Fsp3) is 1.00. The van der Waals surface area contributed by atoms with E-state index in [1.54, 1.807) is 0 Å². The van der Waals surface area contributed by atoms with Crippen molar-refractivity contribution in [3.63, 3.8) is 0 Å². The van der Waals surface area contributed by atoms with Crippen LogP contribution in [0.15, 0.2) is 0 Å². The monoisotopic (exact) mass is 202 g/mol. The molecule has 0 fully saturated rings. The molecule has 0 aromatic rings. The standard InChI is InChI=1S/C12H27P/c1-11(2,3)8-7-10(9-13)12(4,5)6/h10H,7-9,13H2,1-6H3. The Bertz CT molecular complexity index is 136. The van der Waals surface area contributed by atoms with Gasteiger partial charge in [0, 0.05) is 0 Å². The van der Waals surface area contributed by atoms with Crippen LogP contribution >= 0.6 is 9.24 Å². The Morgan fingerprint density at radius 3 is 1.69 bits per heavy atom. The molecular weight excluding hydrogens is 175 g/mol. The molecule has 13 heavy (non-hydrogen) atoms. The first kappa shape index (κ1) is 13.4. The Balaban J connectivity index is 4.02. The maximum Gasteiger partial charge on any atom is -0.0331 e. The molecule has 0 aromatic heterocycles. The van der Waals surface area contributed by atoms with Crippen molar-refractivity contribution in [2.75, 3.05) is 6.16 Å². The van der Waals surface area contributed by atoms with E-state index in [0.717, 1.165) is 5.92 Å². The van der Waals surface area contributed by atoms with E-state index in [1.807, 2.05) is 0 Å².